The minimum absolute atomic E-state index is 0.115. The molecule has 3 nitrogen and oxygen atoms in total. The minimum atomic E-state index is 0.115. The van der Waals surface area contributed by atoms with Crippen LogP contribution in [0.2, 0.25) is 0 Å². The number of fused-ring (bicyclic) bond motifs is 7. The summed E-state index contributed by atoms with van der Waals surface area (Å²) < 4.78 is 15.7. The first-order chi connectivity index (χ1) is 17.2. The third-order valence-electron chi connectivity index (χ3n) is 7.72. The van der Waals surface area contributed by atoms with Crippen LogP contribution in [0.5, 0.6) is 11.5 Å². The molecule has 0 bridgehead atoms. The summed E-state index contributed by atoms with van der Waals surface area (Å²) in [6.07, 6.45) is 3.15. The maximum atomic E-state index is 6.85. The van der Waals surface area contributed by atoms with Gasteiger partial charge in [-0.05, 0) is 65.3 Å². The van der Waals surface area contributed by atoms with Gasteiger partial charge < -0.3 is 9.15 Å². The number of rotatable bonds is 1. The number of pyridine rings is 1. The lowest BCUT2D eigenvalue weighted by Crippen LogP contribution is -2.32. The molecule has 0 amide bonds. The van der Waals surface area contributed by atoms with Crippen LogP contribution in [0, 0.1) is 19.3 Å². The van der Waals surface area contributed by atoms with Gasteiger partial charge in [0.15, 0.2) is 17.5 Å². The molecule has 0 saturated heterocycles. The summed E-state index contributed by atoms with van der Waals surface area (Å²) in [4.78, 5) is 0. The Labute approximate surface area is 210 Å². The van der Waals surface area contributed by atoms with E-state index in [9.17, 15) is 0 Å². The Kier molecular flexibility index (Phi) is 4.23. The van der Waals surface area contributed by atoms with Crippen LogP contribution in [0.3, 0.4) is 0 Å². The average Bonchev–Trinajstić information content (AvgIpc) is 3.21. The third kappa shape index (κ3) is 2.83. The molecule has 1 aliphatic rings. The van der Waals surface area contributed by atoms with Crippen LogP contribution in [0.15, 0.2) is 65.2 Å². The van der Waals surface area contributed by atoms with Crippen molar-refractivity contribution in [1.29, 1.82) is 0 Å². The van der Waals surface area contributed by atoms with E-state index in [4.69, 9.17) is 9.15 Å². The molecule has 2 aromatic heterocycles. The third-order valence-corrected chi connectivity index (χ3v) is 7.72. The fourth-order valence-electron chi connectivity index (χ4n) is 6.33. The van der Waals surface area contributed by atoms with Crippen molar-refractivity contribution < 1.29 is 13.7 Å². The van der Waals surface area contributed by atoms with E-state index >= 15 is 0 Å². The van der Waals surface area contributed by atoms with Gasteiger partial charge in [-0.15, -0.1) is 0 Å². The van der Waals surface area contributed by atoms with Crippen LogP contribution in [-0.2, 0) is 13.5 Å². The molecule has 6 aromatic rings. The lowest BCUT2D eigenvalue weighted by molar-refractivity contribution is -0.659. The number of aryl methyl sites for hydroxylation is 3. The van der Waals surface area contributed by atoms with Crippen LogP contribution < -0.4 is 9.30 Å². The highest BCUT2D eigenvalue weighted by Crippen LogP contribution is 2.54. The van der Waals surface area contributed by atoms with E-state index in [0.29, 0.717) is 0 Å². The van der Waals surface area contributed by atoms with Gasteiger partial charge in [0.2, 0.25) is 5.69 Å². The summed E-state index contributed by atoms with van der Waals surface area (Å²) in [6.45, 7) is 11.3. The minimum Gasteiger partial charge on any atom is -0.452 e. The van der Waals surface area contributed by atoms with E-state index in [0.717, 1.165) is 39.9 Å². The molecule has 3 heterocycles. The van der Waals surface area contributed by atoms with Crippen LogP contribution in [-0.4, -0.2) is 0 Å². The quantitative estimate of drug-likeness (QED) is 0.223. The van der Waals surface area contributed by atoms with Crippen LogP contribution >= 0.6 is 0 Å². The summed E-state index contributed by atoms with van der Waals surface area (Å²) in [5, 5.41) is 7.24. The summed E-state index contributed by atoms with van der Waals surface area (Å²) >= 11 is 0. The van der Waals surface area contributed by atoms with Gasteiger partial charge in [0.1, 0.15) is 23.8 Å². The Hall–Kier alpha value is -3.85. The monoisotopic (exact) mass is 472 g/mol. The van der Waals surface area contributed by atoms with Crippen molar-refractivity contribution >= 4 is 43.5 Å². The molecule has 0 radical (unpaired) electrons. The summed E-state index contributed by atoms with van der Waals surface area (Å²) in [7, 11) is 2.14. The second kappa shape index (κ2) is 7.10. The van der Waals surface area contributed by atoms with Crippen molar-refractivity contribution in [2.45, 2.75) is 41.0 Å². The van der Waals surface area contributed by atoms with Gasteiger partial charge in [-0.1, -0.05) is 57.2 Å². The second-order valence-electron chi connectivity index (χ2n) is 11.6. The fraction of sp³-hybridized carbons (Fsp3) is 0.242. The molecule has 178 valence electrons. The number of nitrogens with zero attached hydrogens (tertiary/aromatic N) is 1. The lowest BCUT2D eigenvalue weighted by atomic mass is 9.82. The first-order valence-electron chi connectivity index (χ1n) is 12.7. The van der Waals surface area contributed by atoms with Crippen molar-refractivity contribution in [2.75, 3.05) is 0 Å². The first-order valence-corrected chi connectivity index (χ1v) is 12.7. The Balaban J connectivity index is 1.72. The smallest absolute Gasteiger partial charge is 0.228 e. The second-order valence-corrected chi connectivity index (χ2v) is 11.6. The first kappa shape index (κ1) is 21.4. The number of hydrogen-bond acceptors (Lipinski definition) is 2. The number of benzene rings is 4. The van der Waals surface area contributed by atoms with Crippen LogP contribution in [0.1, 0.15) is 37.5 Å². The number of ether oxygens (including phenoxy) is 1. The predicted octanol–water partition coefficient (Wildman–Crippen LogP) is 8.70. The van der Waals surface area contributed by atoms with Crippen LogP contribution in [0.4, 0.5) is 0 Å². The van der Waals surface area contributed by atoms with Gasteiger partial charge in [-0.3, -0.25) is 0 Å². The lowest BCUT2D eigenvalue weighted by Gasteiger charge is -2.25. The molecule has 0 aliphatic carbocycles. The fourth-order valence-corrected chi connectivity index (χ4v) is 6.33. The Morgan fingerprint density at radius 1 is 0.861 bits per heavy atom. The topological polar surface area (TPSA) is 26.2 Å². The van der Waals surface area contributed by atoms with Gasteiger partial charge in [0.05, 0.1) is 5.56 Å². The summed E-state index contributed by atoms with van der Waals surface area (Å²) in [5.41, 5.74) is 8.13. The number of aromatic nitrogens is 1. The van der Waals surface area contributed by atoms with Gasteiger partial charge in [0, 0.05) is 22.2 Å². The molecule has 0 saturated carbocycles. The van der Waals surface area contributed by atoms with Crippen molar-refractivity contribution in [1.82, 2.24) is 0 Å². The molecule has 0 atom stereocenters. The summed E-state index contributed by atoms with van der Waals surface area (Å²) in [5.74, 6) is 1.73. The molecule has 1 aliphatic heterocycles. The number of furan rings is 1. The molecule has 4 aromatic carbocycles. The largest absolute Gasteiger partial charge is 0.452 e. The SMILES string of the molecule is Cc1cccc2cc3c(c(C)c12)-c1c2c(c4oc5ccccc5c4c(CC(C)(C)C)c2cc[n+]1C)O3. The molecule has 0 fully saturated rings. The number of para-hydroxylation sites is 1. The van der Waals surface area contributed by atoms with E-state index < -0.39 is 0 Å². The standard InChI is InChI=1S/C33H30NO2/c1-18-10-9-11-20-16-25-27(19(2)26(18)20)30-29-21(14-15-34(30)6)23(17-33(3,4)5)28-22-12-7-8-13-24(22)35-31(28)32(29)36-25/h7-16H,17H2,1-6H3/q+1. The van der Waals surface area contributed by atoms with Gasteiger partial charge in [-0.25, -0.2) is 4.57 Å². The Bertz CT molecular complexity index is 1900. The molecule has 0 spiro atoms. The maximum Gasteiger partial charge on any atom is 0.228 e. The average molecular weight is 473 g/mol. The summed E-state index contributed by atoms with van der Waals surface area (Å²) in [6, 6.07) is 19.3. The van der Waals surface area contributed by atoms with Gasteiger partial charge in [0.25, 0.3) is 0 Å². The van der Waals surface area contributed by atoms with Crippen molar-refractivity contribution in [3.05, 3.63) is 77.5 Å². The van der Waals surface area contributed by atoms with Crippen LogP contribution in [0.25, 0.3) is 54.7 Å². The molecular weight excluding hydrogens is 442 g/mol. The Morgan fingerprint density at radius 2 is 1.67 bits per heavy atom. The molecule has 0 N–H and O–H groups in total. The highest BCUT2D eigenvalue weighted by molar-refractivity contribution is 6.20. The molecule has 7 rings (SSSR count). The molecule has 3 heteroatoms. The zero-order valence-corrected chi connectivity index (χ0v) is 21.7. The van der Waals surface area contributed by atoms with Crippen molar-refractivity contribution in [3.63, 3.8) is 0 Å². The zero-order valence-electron chi connectivity index (χ0n) is 21.7. The Morgan fingerprint density at radius 3 is 2.47 bits per heavy atom. The predicted molar refractivity (Wildman–Crippen MR) is 148 cm³/mol. The zero-order chi connectivity index (χ0) is 24.9. The van der Waals surface area contributed by atoms with Crippen molar-refractivity contribution in [3.8, 4) is 22.8 Å². The maximum absolute atomic E-state index is 6.85. The van der Waals surface area contributed by atoms with E-state index in [2.05, 4.69) is 101 Å². The molecule has 0 unspecified atom stereocenters. The van der Waals surface area contributed by atoms with E-state index in [-0.39, 0.29) is 5.41 Å². The van der Waals surface area contributed by atoms with Crippen molar-refractivity contribution in [2.24, 2.45) is 12.5 Å². The molecule has 36 heavy (non-hydrogen) atoms. The van der Waals surface area contributed by atoms with E-state index in [1.54, 1.807) is 0 Å². The van der Waals surface area contributed by atoms with E-state index in [1.165, 1.54) is 49.5 Å². The number of hydrogen-bond donors (Lipinski definition) is 0. The van der Waals surface area contributed by atoms with E-state index in [1.807, 2.05) is 6.07 Å². The highest BCUT2D eigenvalue weighted by atomic mass is 16.5. The van der Waals surface area contributed by atoms with Gasteiger partial charge in [-0.2, -0.15) is 0 Å². The van der Waals surface area contributed by atoms with Gasteiger partial charge >= 0.3 is 0 Å². The normalized spacial score (nSPS) is 13.1. The molecular formula is C33H30NO2+. The highest BCUT2D eigenvalue weighted by Gasteiger charge is 2.35.